The van der Waals surface area contributed by atoms with Gasteiger partial charge in [-0.2, -0.15) is 0 Å². The maximum absolute atomic E-state index is 15.0. The Kier molecular flexibility index (Phi) is 5.38. The molecule has 0 radical (unpaired) electrons. The summed E-state index contributed by atoms with van der Waals surface area (Å²) >= 11 is 0. The minimum absolute atomic E-state index is 0.0514. The molecule has 0 saturated heterocycles. The second-order valence-corrected chi connectivity index (χ2v) is 9.34. The van der Waals surface area contributed by atoms with Crippen molar-refractivity contribution in [3.63, 3.8) is 0 Å². The number of Topliss-reactive ketones (excluding diaryl/α,β-unsaturated/α-hetero) is 1. The zero-order valence-electron chi connectivity index (χ0n) is 18.3. The van der Waals surface area contributed by atoms with E-state index in [4.69, 9.17) is 4.99 Å². The summed E-state index contributed by atoms with van der Waals surface area (Å²) in [5.74, 6) is -2.21. The number of para-hydroxylation sites is 1. The maximum Gasteiger partial charge on any atom is 0.234 e. The molecule has 0 spiro atoms. The number of carbonyl (C=O) groups is 2. The zero-order valence-corrected chi connectivity index (χ0v) is 18.3. The molecule has 31 heavy (non-hydrogen) atoms. The molecular formula is C26H27FN2O2. The van der Waals surface area contributed by atoms with Crippen molar-refractivity contribution in [1.82, 2.24) is 0 Å². The van der Waals surface area contributed by atoms with Crippen LogP contribution in [-0.2, 0) is 9.59 Å². The highest BCUT2D eigenvalue weighted by molar-refractivity contribution is 6.13. The number of amides is 1. The van der Waals surface area contributed by atoms with Crippen LogP contribution in [0.15, 0.2) is 64.8 Å². The second kappa shape index (κ2) is 7.88. The van der Waals surface area contributed by atoms with Crippen molar-refractivity contribution >= 4 is 23.1 Å². The van der Waals surface area contributed by atoms with E-state index < -0.39 is 17.7 Å². The lowest BCUT2D eigenvalue weighted by molar-refractivity contribution is -0.119. The lowest BCUT2D eigenvalue weighted by atomic mass is 9.66. The van der Waals surface area contributed by atoms with Gasteiger partial charge in [-0.05, 0) is 48.9 Å². The van der Waals surface area contributed by atoms with Crippen molar-refractivity contribution in [3.05, 3.63) is 76.7 Å². The van der Waals surface area contributed by atoms with Gasteiger partial charge in [-0.3, -0.25) is 14.6 Å². The molecule has 1 amide bonds. The Morgan fingerprint density at radius 3 is 2.45 bits per heavy atom. The van der Waals surface area contributed by atoms with Crippen LogP contribution >= 0.6 is 0 Å². The number of rotatable bonds is 3. The fraction of sp³-hybridized carbons (Fsp3) is 0.346. The summed E-state index contributed by atoms with van der Waals surface area (Å²) in [6.07, 6.45) is 0.986. The molecule has 5 heteroatoms. The fourth-order valence-electron chi connectivity index (χ4n) is 4.77. The van der Waals surface area contributed by atoms with E-state index in [9.17, 15) is 14.0 Å². The van der Waals surface area contributed by atoms with Gasteiger partial charge in [0, 0.05) is 35.0 Å². The average Bonchev–Trinajstić information content (AvgIpc) is 2.68. The van der Waals surface area contributed by atoms with E-state index >= 15 is 0 Å². The van der Waals surface area contributed by atoms with Gasteiger partial charge in [-0.25, -0.2) is 4.39 Å². The van der Waals surface area contributed by atoms with E-state index in [1.807, 2.05) is 45.0 Å². The van der Waals surface area contributed by atoms with Crippen LogP contribution in [0.4, 0.5) is 10.1 Å². The van der Waals surface area contributed by atoms with Crippen LogP contribution in [0.3, 0.4) is 0 Å². The van der Waals surface area contributed by atoms with Gasteiger partial charge < -0.3 is 5.32 Å². The van der Waals surface area contributed by atoms with Crippen LogP contribution in [0.25, 0.3) is 0 Å². The first-order valence-corrected chi connectivity index (χ1v) is 10.6. The number of nitrogens with one attached hydrogen (secondary N) is 1. The highest BCUT2D eigenvalue weighted by Gasteiger charge is 2.46. The number of ketones is 1. The maximum atomic E-state index is 15.0. The summed E-state index contributed by atoms with van der Waals surface area (Å²) in [5.41, 5.74) is 3.55. The molecule has 1 N–H and O–H groups in total. The highest BCUT2D eigenvalue weighted by Crippen LogP contribution is 2.48. The van der Waals surface area contributed by atoms with E-state index in [1.54, 1.807) is 25.1 Å². The van der Waals surface area contributed by atoms with Crippen molar-refractivity contribution in [2.45, 2.75) is 46.5 Å². The molecule has 4 nitrogen and oxygen atoms in total. The highest BCUT2D eigenvalue weighted by atomic mass is 19.1. The Balaban J connectivity index is 1.83. The molecule has 1 heterocycles. The van der Waals surface area contributed by atoms with Gasteiger partial charge >= 0.3 is 0 Å². The summed E-state index contributed by atoms with van der Waals surface area (Å²) in [5, 5.41) is 2.98. The van der Waals surface area contributed by atoms with E-state index in [0.717, 1.165) is 5.56 Å². The molecule has 2 atom stereocenters. The number of hydrogen-bond donors (Lipinski definition) is 1. The van der Waals surface area contributed by atoms with Gasteiger partial charge in [0.25, 0.3) is 0 Å². The third kappa shape index (κ3) is 3.97. The molecule has 2 aromatic rings. The van der Waals surface area contributed by atoms with Gasteiger partial charge in [0.05, 0.1) is 5.92 Å². The van der Waals surface area contributed by atoms with Crippen molar-refractivity contribution < 1.29 is 14.0 Å². The first-order chi connectivity index (χ1) is 14.7. The number of benzene rings is 2. The number of aliphatic imine (C=N–C) groups is 1. The van der Waals surface area contributed by atoms with Gasteiger partial charge in [0.15, 0.2) is 5.78 Å². The van der Waals surface area contributed by atoms with E-state index in [-0.39, 0.29) is 17.1 Å². The molecule has 0 aromatic heterocycles. The van der Waals surface area contributed by atoms with E-state index in [1.165, 1.54) is 6.07 Å². The van der Waals surface area contributed by atoms with Gasteiger partial charge in [-0.15, -0.1) is 0 Å². The van der Waals surface area contributed by atoms with Crippen LogP contribution in [0, 0.1) is 24.1 Å². The lowest BCUT2D eigenvalue weighted by Gasteiger charge is -2.39. The van der Waals surface area contributed by atoms with Crippen LogP contribution in [-0.4, -0.2) is 17.4 Å². The number of anilines is 1. The summed E-state index contributed by atoms with van der Waals surface area (Å²) in [7, 11) is 0. The molecule has 1 unspecified atom stereocenters. The molecule has 160 valence electrons. The van der Waals surface area contributed by atoms with E-state index in [2.05, 4.69) is 5.32 Å². The topological polar surface area (TPSA) is 58.5 Å². The first-order valence-electron chi connectivity index (χ1n) is 10.6. The van der Waals surface area contributed by atoms with Crippen molar-refractivity contribution in [2.75, 3.05) is 5.32 Å². The monoisotopic (exact) mass is 418 g/mol. The van der Waals surface area contributed by atoms with Crippen LogP contribution < -0.4 is 5.32 Å². The predicted octanol–water partition coefficient (Wildman–Crippen LogP) is 5.59. The Morgan fingerprint density at radius 2 is 1.74 bits per heavy atom. The minimum Gasteiger partial charge on any atom is -0.325 e. The molecular weight excluding hydrogens is 391 g/mol. The summed E-state index contributed by atoms with van der Waals surface area (Å²) in [4.78, 5) is 31.4. The molecule has 0 bridgehead atoms. The van der Waals surface area contributed by atoms with Gasteiger partial charge in [0.2, 0.25) is 5.91 Å². The summed E-state index contributed by atoms with van der Waals surface area (Å²) in [6, 6.07) is 13.9. The quantitative estimate of drug-likeness (QED) is 0.706. The Hall–Kier alpha value is -3.08. The molecule has 1 aliphatic carbocycles. The minimum atomic E-state index is -0.764. The van der Waals surface area contributed by atoms with Crippen molar-refractivity contribution in [2.24, 2.45) is 16.3 Å². The molecule has 4 rings (SSSR count). The second-order valence-electron chi connectivity index (χ2n) is 9.34. The van der Waals surface area contributed by atoms with Gasteiger partial charge in [-0.1, -0.05) is 50.2 Å². The number of carbonyl (C=O) groups excluding carboxylic acids is 2. The van der Waals surface area contributed by atoms with Crippen LogP contribution in [0.5, 0.6) is 0 Å². The smallest absolute Gasteiger partial charge is 0.234 e. The average molecular weight is 419 g/mol. The van der Waals surface area contributed by atoms with Crippen LogP contribution in [0.2, 0.25) is 0 Å². The molecule has 1 aliphatic heterocycles. The zero-order chi connectivity index (χ0) is 22.3. The van der Waals surface area contributed by atoms with Crippen LogP contribution in [0.1, 0.15) is 50.7 Å². The lowest BCUT2D eigenvalue weighted by Crippen LogP contribution is -2.41. The molecule has 2 aliphatic rings. The predicted molar refractivity (Wildman–Crippen MR) is 121 cm³/mol. The Morgan fingerprint density at radius 1 is 1.06 bits per heavy atom. The number of nitrogens with zero attached hydrogens (tertiary/aromatic N) is 1. The first kappa shape index (κ1) is 21.2. The number of allylic oxidation sites excluding steroid dienone is 2. The Labute approximate surface area is 182 Å². The Bertz CT molecular complexity index is 1130. The third-order valence-electron chi connectivity index (χ3n) is 6.23. The molecule has 0 fully saturated rings. The van der Waals surface area contributed by atoms with Gasteiger partial charge in [0.1, 0.15) is 5.82 Å². The molecule has 0 saturated carbocycles. The fourth-order valence-corrected chi connectivity index (χ4v) is 4.77. The normalized spacial score (nSPS) is 22.6. The SMILES string of the molecule is CC1=NC2=C(C(=O)CC(C)(C)C2)[C@H](c2ccccc2F)C1C(=O)Nc1ccccc1C. The largest absolute Gasteiger partial charge is 0.325 e. The standard InChI is InChI=1S/C26H27FN2O2/c1-15-9-5-8-12-19(15)29-25(31)22-16(2)28-20-13-26(3,4)14-21(30)24(20)23(22)17-10-6-7-11-18(17)27/h5-12,22-23H,13-14H2,1-4H3,(H,29,31)/t22?,23-/m1/s1. The molecule has 2 aromatic carbocycles. The van der Waals surface area contributed by atoms with E-state index in [0.29, 0.717) is 41.1 Å². The summed E-state index contributed by atoms with van der Waals surface area (Å²) in [6.45, 7) is 7.79. The number of halogens is 1. The number of aryl methyl sites for hydroxylation is 1. The number of hydrogen-bond acceptors (Lipinski definition) is 3. The third-order valence-corrected chi connectivity index (χ3v) is 6.23. The van der Waals surface area contributed by atoms with Crippen molar-refractivity contribution in [1.29, 1.82) is 0 Å². The van der Waals surface area contributed by atoms with Crippen molar-refractivity contribution in [3.8, 4) is 0 Å². The summed E-state index contributed by atoms with van der Waals surface area (Å²) < 4.78 is 15.0.